The normalized spacial score (nSPS) is 17.2. The Morgan fingerprint density at radius 1 is 0.705 bits per heavy atom. The lowest BCUT2D eigenvalue weighted by Crippen LogP contribution is -2.61. The number of rotatable bonds is 32. The van der Waals surface area contributed by atoms with E-state index in [4.69, 9.17) is 5.73 Å². The van der Waals surface area contributed by atoms with Crippen LogP contribution >= 0.6 is 0 Å². The molecular formula is C43H75N7O11. The summed E-state index contributed by atoms with van der Waals surface area (Å²) in [6, 6.07) is -6.99. The second kappa shape index (κ2) is 29.7. The monoisotopic (exact) mass is 866 g/mol. The largest absolute Gasteiger partial charge is 0.391 e. The fourth-order valence-corrected chi connectivity index (χ4v) is 7.35. The summed E-state index contributed by atoms with van der Waals surface area (Å²) in [7, 11) is 0. The van der Waals surface area contributed by atoms with Crippen molar-refractivity contribution in [1.29, 1.82) is 0 Å². The molecule has 18 heteroatoms. The predicted molar refractivity (Wildman–Crippen MR) is 228 cm³/mol. The van der Waals surface area contributed by atoms with Gasteiger partial charge in [0.15, 0.2) is 0 Å². The van der Waals surface area contributed by atoms with Gasteiger partial charge in [0.1, 0.15) is 42.3 Å². The highest BCUT2D eigenvalue weighted by molar-refractivity contribution is 5.98. The van der Waals surface area contributed by atoms with Crippen molar-refractivity contribution in [2.45, 2.75) is 193 Å². The summed E-state index contributed by atoms with van der Waals surface area (Å²) in [6.07, 6.45) is 11.0. The molecule has 7 amide bonds. The van der Waals surface area contributed by atoms with E-state index in [2.05, 4.69) is 33.5 Å². The van der Waals surface area contributed by atoms with E-state index in [0.717, 1.165) is 25.7 Å². The fourth-order valence-electron chi connectivity index (χ4n) is 7.35. The van der Waals surface area contributed by atoms with E-state index < -0.39 is 96.1 Å². The minimum atomic E-state index is -1.61. The number of nitrogens with two attached hydrogens (primary N) is 1. The summed E-state index contributed by atoms with van der Waals surface area (Å²) in [5, 5.41) is 33.1. The first-order valence-electron chi connectivity index (χ1n) is 22.2. The summed E-state index contributed by atoms with van der Waals surface area (Å²) in [6.45, 7) is 9.59. The summed E-state index contributed by atoms with van der Waals surface area (Å²) in [4.78, 5) is 116. The average molecular weight is 866 g/mol. The Kier molecular flexibility index (Phi) is 26.6. The van der Waals surface area contributed by atoms with Gasteiger partial charge >= 0.3 is 0 Å². The van der Waals surface area contributed by atoms with Crippen molar-refractivity contribution < 1.29 is 53.4 Å². The summed E-state index contributed by atoms with van der Waals surface area (Å²) >= 11 is 0. The third kappa shape index (κ3) is 21.3. The van der Waals surface area contributed by atoms with Gasteiger partial charge < -0.3 is 52.2 Å². The van der Waals surface area contributed by atoms with Crippen LogP contribution in [0, 0.1) is 11.8 Å². The maximum atomic E-state index is 13.9. The molecule has 1 saturated heterocycles. The topological polar surface area (TPSA) is 284 Å². The highest BCUT2D eigenvalue weighted by Crippen LogP contribution is 2.22. The van der Waals surface area contributed by atoms with Crippen molar-refractivity contribution in [2.24, 2.45) is 17.6 Å². The number of hydrogen-bond acceptors (Lipinski definition) is 11. The zero-order valence-corrected chi connectivity index (χ0v) is 37.3. The number of nitrogens with one attached hydrogen (secondary N) is 5. The molecule has 1 aliphatic heterocycles. The van der Waals surface area contributed by atoms with Crippen LogP contribution in [-0.4, -0.2) is 124 Å². The molecule has 0 aromatic carbocycles. The molecule has 1 fully saturated rings. The molecular weight excluding hydrogens is 791 g/mol. The molecule has 1 aliphatic rings. The Morgan fingerprint density at radius 2 is 1.28 bits per heavy atom. The Balaban J connectivity index is 2.90. The van der Waals surface area contributed by atoms with Crippen molar-refractivity contribution in [1.82, 2.24) is 31.5 Å². The maximum Gasteiger partial charge on any atom is 0.248 e. The molecule has 61 heavy (non-hydrogen) atoms. The first kappa shape index (κ1) is 54.6. The molecule has 0 saturated carbocycles. The molecule has 0 aromatic heterocycles. The Labute approximate surface area is 361 Å². The number of aldehydes is 1. The smallest absolute Gasteiger partial charge is 0.248 e. The quantitative estimate of drug-likeness (QED) is 0.0352. The van der Waals surface area contributed by atoms with E-state index in [0.29, 0.717) is 25.5 Å². The van der Waals surface area contributed by atoms with Crippen LogP contribution in [-0.2, 0) is 43.2 Å². The number of primary amides is 1. The lowest BCUT2D eigenvalue weighted by atomic mass is 9.90. The number of unbranched alkanes of at least 4 members (excludes halogenated alkanes) is 10. The zero-order valence-electron chi connectivity index (χ0n) is 37.3. The standard InChI is InChI=1S/C43H75N7O11/c1-7-8-9-10-11-12-13-14-15-16-17-19-32(54)25-31(24-27(2)3)39(57)49-37(30(6)53)43(61)50-22-18-20-34(50)41(59)48-36(29(5)52)42(60)46-28(4)38(56)47-33(26-35(44)55)40(58)45-21-23-51/h23,27-31,33-34,36-37,52-53H,7-22,24-26H2,1-6H3,(H2,44,55)(H,45,58)(H,46,60)(H,47,56)(H,48,59)(H,49,57)/t28-,29?,30?,31+,33-,34+,36-,37-/m0/s1. The molecule has 9 N–H and O–H groups in total. The van der Waals surface area contributed by atoms with E-state index in [9.17, 15) is 53.4 Å². The molecule has 1 heterocycles. The number of aliphatic hydroxyl groups is 2. The first-order chi connectivity index (χ1) is 28.8. The number of likely N-dealkylation sites (tertiary alicyclic amines) is 1. The number of carbonyl (C=O) groups is 9. The number of Topliss-reactive ketones (excluding diaryl/α,β-unsaturated/α-hetero) is 1. The van der Waals surface area contributed by atoms with Gasteiger partial charge in [0.2, 0.25) is 41.4 Å². The zero-order chi connectivity index (χ0) is 46.1. The summed E-state index contributed by atoms with van der Waals surface area (Å²) in [5.41, 5.74) is 5.18. The molecule has 0 radical (unpaired) electrons. The SMILES string of the molecule is CCCCCCCCCCCCCC(=O)C[C@@H](CC(C)C)C(=O)N[C@H](C(=O)N1CCC[C@@H]1C(=O)N[C@H](C(=O)N[C@@H](C)C(=O)N[C@@H](CC(N)=O)C(=O)NCC=O)C(C)O)C(C)O. The number of amides is 7. The van der Waals surface area contributed by atoms with Gasteiger partial charge in [-0.2, -0.15) is 0 Å². The highest BCUT2D eigenvalue weighted by Gasteiger charge is 2.41. The van der Waals surface area contributed by atoms with Gasteiger partial charge in [0, 0.05) is 25.3 Å². The van der Waals surface area contributed by atoms with Crippen molar-refractivity contribution in [3.63, 3.8) is 0 Å². The first-order valence-corrected chi connectivity index (χ1v) is 22.2. The van der Waals surface area contributed by atoms with Gasteiger partial charge in [0.05, 0.1) is 25.2 Å². The maximum absolute atomic E-state index is 13.9. The van der Waals surface area contributed by atoms with Crippen LogP contribution in [0.15, 0.2) is 0 Å². The Bertz CT molecular complexity index is 1440. The van der Waals surface area contributed by atoms with Crippen LogP contribution in [0.4, 0.5) is 0 Å². The van der Waals surface area contributed by atoms with E-state index in [1.165, 1.54) is 70.6 Å². The average Bonchev–Trinajstić information content (AvgIpc) is 3.69. The number of ketones is 1. The van der Waals surface area contributed by atoms with Gasteiger partial charge in [-0.05, 0) is 52.4 Å². The van der Waals surface area contributed by atoms with Crippen molar-refractivity contribution in [2.75, 3.05) is 13.1 Å². The number of carbonyl (C=O) groups excluding carboxylic acids is 9. The minimum Gasteiger partial charge on any atom is -0.391 e. The molecule has 348 valence electrons. The molecule has 0 bridgehead atoms. The van der Waals surface area contributed by atoms with Crippen molar-refractivity contribution in [3.8, 4) is 0 Å². The number of hydrogen-bond donors (Lipinski definition) is 8. The fraction of sp³-hybridized carbons (Fsp3) is 0.791. The molecule has 0 spiro atoms. The predicted octanol–water partition coefficient (Wildman–Crippen LogP) is 1.21. The number of aliphatic hydroxyl groups excluding tert-OH is 2. The van der Waals surface area contributed by atoms with E-state index in [1.807, 2.05) is 13.8 Å². The lowest BCUT2D eigenvalue weighted by molar-refractivity contribution is -0.145. The third-order valence-corrected chi connectivity index (χ3v) is 10.8. The van der Waals surface area contributed by atoms with Crippen LogP contribution in [0.1, 0.15) is 151 Å². The van der Waals surface area contributed by atoms with Gasteiger partial charge in [-0.25, -0.2) is 0 Å². The van der Waals surface area contributed by atoms with Crippen LogP contribution in [0.2, 0.25) is 0 Å². The molecule has 0 aliphatic carbocycles. The molecule has 8 atom stereocenters. The number of nitrogens with zero attached hydrogens (tertiary/aromatic N) is 1. The van der Waals surface area contributed by atoms with Crippen LogP contribution in [0.5, 0.6) is 0 Å². The molecule has 1 rings (SSSR count). The van der Waals surface area contributed by atoms with Gasteiger partial charge in [-0.15, -0.1) is 0 Å². The summed E-state index contributed by atoms with van der Waals surface area (Å²) in [5.74, 6) is -6.48. The van der Waals surface area contributed by atoms with Gasteiger partial charge in [-0.1, -0.05) is 85.0 Å². The molecule has 18 nitrogen and oxygen atoms in total. The Morgan fingerprint density at radius 3 is 1.80 bits per heavy atom. The van der Waals surface area contributed by atoms with E-state index in [1.54, 1.807) is 0 Å². The third-order valence-electron chi connectivity index (χ3n) is 10.8. The van der Waals surface area contributed by atoms with Gasteiger partial charge in [0.25, 0.3) is 0 Å². The van der Waals surface area contributed by atoms with E-state index in [-0.39, 0.29) is 37.6 Å². The second-order valence-electron chi connectivity index (χ2n) is 16.9. The van der Waals surface area contributed by atoms with Gasteiger partial charge in [-0.3, -0.25) is 38.4 Å². The van der Waals surface area contributed by atoms with Crippen LogP contribution < -0.4 is 32.3 Å². The van der Waals surface area contributed by atoms with Crippen molar-refractivity contribution in [3.05, 3.63) is 0 Å². The van der Waals surface area contributed by atoms with Crippen LogP contribution in [0.25, 0.3) is 0 Å². The minimum absolute atomic E-state index is 0.00496. The Hall–Kier alpha value is -4.45. The lowest BCUT2D eigenvalue weighted by Gasteiger charge is -2.32. The second-order valence-corrected chi connectivity index (χ2v) is 16.9. The summed E-state index contributed by atoms with van der Waals surface area (Å²) < 4.78 is 0. The molecule has 2 unspecified atom stereocenters. The van der Waals surface area contributed by atoms with Crippen LogP contribution in [0.3, 0.4) is 0 Å². The van der Waals surface area contributed by atoms with E-state index >= 15 is 0 Å². The highest BCUT2D eigenvalue weighted by atomic mass is 16.3. The van der Waals surface area contributed by atoms with Crippen molar-refractivity contribution >= 4 is 53.4 Å². The molecule has 0 aromatic rings.